The van der Waals surface area contributed by atoms with Gasteiger partial charge in [0.1, 0.15) is 11.2 Å². The molecule has 0 bridgehead atoms. The van der Waals surface area contributed by atoms with Crippen molar-refractivity contribution in [2.45, 2.75) is 128 Å². The number of hydrogen-bond donors (Lipinski definition) is 2. The Morgan fingerprint density at radius 2 is 1.57 bits per heavy atom. The van der Waals surface area contributed by atoms with E-state index in [1.165, 1.54) is 13.8 Å². The lowest BCUT2D eigenvalue weighted by molar-refractivity contribution is -0.272. The number of alkyl carbamates (subject to hydrolysis) is 1. The second-order valence-electron chi connectivity index (χ2n) is 11.6. The lowest BCUT2D eigenvalue weighted by Crippen LogP contribution is -2.52. The maximum absolute atomic E-state index is 13.6. The van der Waals surface area contributed by atoms with Gasteiger partial charge in [0.15, 0.2) is 19.2 Å². The fourth-order valence-corrected chi connectivity index (χ4v) is 4.18. The Morgan fingerprint density at radius 1 is 0.929 bits per heavy atom. The highest BCUT2D eigenvalue weighted by atomic mass is 19.3. The van der Waals surface area contributed by atoms with Gasteiger partial charge < -0.3 is 34.3 Å². The Bertz CT molecular complexity index is 910. The zero-order valence-corrected chi connectivity index (χ0v) is 25.7. The molecule has 13 heteroatoms. The van der Waals surface area contributed by atoms with E-state index >= 15 is 0 Å². The molecule has 0 aromatic rings. The lowest BCUT2D eigenvalue weighted by Gasteiger charge is -2.33. The third kappa shape index (κ3) is 15.0. The van der Waals surface area contributed by atoms with Crippen molar-refractivity contribution in [3.8, 4) is 0 Å². The Labute approximate surface area is 247 Å². The number of halogens is 2. The summed E-state index contributed by atoms with van der Waals surface area (Å²) in [6.07, 6.45) is 0.480. The van der Waals surface area contributed by atoms with E-state index in [-0.39, 0.29) is 37.0 Å². The summed E-state index contributed by atoms with van der Waals surface area (Å²) >= 11 is 0. The number of unbranched alkanes of at least 4 members (excludes halogenated alkanes) is 2. The topological polar surface area (TPSA) is 138 Å². The molecule has 2 atom stereocenters. The molecule has 0 heterocycles. The number of amides is 2. The normalized spacial score (nSPS) is 17.8. The molecule has 2 amide bonds. The quantitative estimate of drug-likeness (QED) is 0.0937. The smallest absolute Gasteiger partial charge is 0.407 e. The maximum atomic E-state index is 13.6. The van der Waals surface area contributed by atoms with Crippen LogP contribution in [0.1, 0.15) is 92.9 Å². The molecule has 242 valence electrons. The Morgan fingerprint density at radius 3 is 2.19 bits per heavy atom. The zero-order chi connectivity index (χ0) is 32.0. The van der Waals surface area contributed by atoms with Crippen molar-refractivity contribution in [1.82, 2.24) is 10.6 Å². The van der Waals surface area contributed by atoms with Crippen LogP contribution in [-0.4, -0.2) is 79.3 Å². The summed E-state index contributed by atoms with van der Waals surface area (Å²) in [4.78, 5) is 48.4. The molecule has 11 nitrogen and oxygen atoms in total. The molecular formula is C29H48F2N2O9. The Balaban J connectivity index is 2.34. The first-order valence-electron chi connectivity index (χ1n) is 14.4. The summed E-state index contributed by atoms with van der Waals surface area (Å²) in [5, 5.41) is 5.55. The van der Waals surface area contributed by atoms with Crippen LogP contribution in [0, 0.1) is 0 Å². The minimum absolute atomic E-state index is 0.121. The van der Waals surface area contributed by atoms with Gasteiger partial charge >= 0.3 is 18.2 Å². The molecule has 1 aliphatic rings. The molecule has 2 unspecified atom stereocenters. The van der Waals surface area contributed by atoms with Gasteiger partial charge in [-0.1, -0.05) is 13.0 Å². The second kappa shape index (κ2) is 17.5. The van der Waals surface area contributed by atoms with Crippen molar-refractivity contribution in [1.29, 1.82) is 0 Å². The number of ether oxygens (including phenoxy) is 5. The first kappa shape index (κ1) is 37.4. The highest BCUT2D eigenvalue weighted by molar-refractivity contribution is 5.86. The van der Waals surface area contributed by atoms with Gasteiger partial charge in [-0.25, -0.2) is 9.59 Å². The van der Waals surface area contributed by atoms with E-state index in [0.29, 0.717) is 45.1 Å². The Kier molecular flexibility index (Phi) is 15.6. The molecule has 2 N–H and O–H groups in total. The number of rotatable bonds is 19. The van der Waals surface area contributed by atoms with Gasteiger partial charge in [0, 0.05) is 31.2 Å². The largest absolute Gasteiger partial charge is 0.440 e. The summed E-state index contributed by atoms with van der Waals surface area (Å²) in [5.41, 5.74) is -2.20. The summed E-state index contributed by atoms with van der Waals surface area (Å²) < 4.78 is 52.2. The van der Waals surface area contributed by atoms with Crippen LogP contribution < -0.4 is 10.6 Å². The van der Waals surface area contributed by atoms with Crippen molar-refractivity contribution in [2.75, 3.05) is 20.0 Å². The SMILES string of the molecule is C=CC(=O)OCOC(C)(C)C(=O)CCCCCOC(C)(C)C(=O)NC1CCCC(NC(=O)OCC(F)(F)OC(C)C)C1. The van der Waals surface area contributed by atoms with Crippen LogP contribution in [0.3, 0.4) is 0 Å². The fourth-order valence-electron chi connectivity index (χ4n) is 4.18. The van der Waals surface area contributed by atoms with Crippen LogP contribution in [0.4, 0.5) is 13.6 Å². The van der Waals surface area contributed by atoms with Crippen LogP contribution >= 0.6 is 0 Å². The predicted octanol–water partition coefficient (Wildman–Crippen LogP) is 4.56. The molecule has 42 heavy (non-hydrogen) atoms. The first-order valence-corrected chi connectivity index (χ1v) is 14.4. The van der Waals surface area contributed by atoms with Gasteiger partial charge in [0.05, 0.1) is 6.10 Å². The molecular weight excluding hydrogens is 558 g/mol. The maximum Gasteiger partial charge on any atom is 0.407 e. The van der Waals surface area contributed by atoms with E-state index in [4.69, 9.17) is 14.2 Å². The number of nitrogens with one attached hydrogen (secondary N) is 2. The number of carbonyl (C=O) groups is 4. The van der Waals surface area contributed by atoms with Crippen molar-refractivity contribution in [2.24, 2.45) is 0 Å². The number of alkyl halides is 2. The third-order valence-corrected chi connectivity index (χ3v) is 6.63. The monoisotopic (exact) mass is 606 g/mol. The molecule has 0 radical (unpaired) electrons. The number of hydrogen-bond acceptors (Lipinski definition) is 9. The van der Waals surface area contributed by atoms with E-state index in [1.54, 1.807) is 27.7 Å². The van der Waals surface area contributed by atoms with Crippen LogP contribution in [-0.2, 0) is 38.1 Å². The average molecular weight is 607 g/mol. The van der Waals surface area contributed by atoms with E-state index in [2.05, 4.69) is 26.7 Å². The van der Waals surface area contributed by atoms with Crippen LogP contribution in [0.5, 0.6) is 0 Å². The van der Waals surface area contributed by atoms with Crippen molar-refractivity contribution < 1.29 is 51.6 Å². The summed E-state index contributed by atoms with van der Waals surface area (Å²) in [7, 11) is 0. The van der Waals surface area contributed by atoms with Crippen molar-refractivity contribution in [3.63, 3.8) is 0 Å². The molecule has 1 rings (SSSR count). The minimum Gasteiger partial charge on any atom is -0.440 e. The van der Waals surface area contributed by atoms with E-state index < -0.39 is 42.1 Å². The lowest BCUT2D eigenvalue weighted by atomic mass is 9.90. The van der Waals surface area contributed by atoms with Gasteiger partial charge in [-0.2, -0.15) is 8.78 Å². The van der Waals surface area contributed by atoms with Gasteiger partial charge in [-0.3, -0.25) is 9.59 Å². The molecule has 0 saturated heterocycles. The van der Waals surface area contributed by atoms with Gasteiger partial charge in [-0.05, 0) is 80.1 Å². The molecule has 1 aliphatic carbocycles. The van der Waals surface area contributed by atoms with Crippen LogP contribution in [0.2, 0.25) is 0 Å². The summed E-state index contributed by atoms with van der Waals surface area (Å²) in [6.45, 7) is 11.6. The number of esters is 1. The molecule has 0 aromatic heterocycles. The number of ketones is 1. The van der Waals surface area contributed by atoms with E-state index in [9.17, 15) is 28.0 Å². The van der Waals surface area contributed by atoms with Gasteiger partial charge in [-0.15, -0.1) is 0 Å². The molecule has 1 fully saturated rings. The molecule has 0 spiro atoms. The zero-order valence-electron chi connectivity index (χ0n) is 25.7. The predicted molar refractivity (Wildman–Crippen MR) is 150 cm³/mol. The molecule has 0 aromatic carbocycles. The highest BCUT2D eigenvalue weighted by Crippen LogP contribution is 2.22. The third-order valence-electron chi connectivity index (χ3n) is 6.63. The highest BCUT2D eigenvalue weighted by Gasteiger charge is 2.35. The summed E-state index contributed by atoms with van der Waals surface area (Å²) in [5.74, 6) is -1.05. The molecule has 0 aliphatic heterocycles. The first-order chi connectivity index (χ1) is 19.5. The van der Waals surface area contributed by atoms with Gasteiger partial charge in [0.25, 0.3) is 5.91 Å². The average Bonchev–Trinajstić information content (AvgIpc) is 2.88. The van der Waals surface area contributed by atoms with E-state index in [1.807, 2.05) is 0 Å². The van der Waals surface area contributed by atoms with Crippen LogP contribution in [0.15, 0.2) is 12.7 Å². The van der Waals surface area contributed by atoms with E-state index in [0.717, 1.165) is 12.5 Å². The standard InChI is InChI=1S/C29H48F2N2O9/c1-8-24(35)39-19-41-27(4,5)23(34)15-10-9-11-16-40-28(6,7)25(36)32-21-13-12-14-22(17-21)33-26(37)38-18-29(30,31)42-20(2)3/h8,20-22H,1,9-19H2,2-7H3,(H,32,36)(H,33,37). The summed E-state index contributed by atoms with van der Waals surface area (Å²) in [6, 6.07) is -0.553. The fraction of sp³-hybridized carbons (Fsp3) is 0.793. The second-order valence-corrected chi connectivity index (χ2v) is 11.6. The van der Waals surface area contributed by atoms with Crippen molar-refractivity contribution in [3.05, 3.63) is 12.7 Å². The number of Topliss-reactive ketones (excluding diaryl/α,β-unsaturated/α-hetero) is 1. The number of carbonyl (C=O) groups excluding carboxylic acids is 4. The van der Waals surface area contributed by atoms with Crippen LogP contribution in [0.25, 0.3) is 0 Å². The van der Waals surface area contributed by atoms with Gasteiger partial charge in [0.2, 0.25) is 0 Å². The molecule has 1 saturated carbocycles. The minimum atomic E-state index is -3.58. The van der Waals surface area contributed by atoms with Crippen molar-refractivity contribution >= 4 is 23.8 Å². The Hall–Kier alpha value is -2.64.